The van der Waals surface area contributed by atoms with Crippen LogP contribution in [0.1, 0.15) is 31.1 Å². The second kappa shape index (κ2) is 6.72. The summed E-state index contributed by atoms with van der Waals surface area (Å²) in [7, 11) is 0. The van der Waals surface area contributed by atoms with Crippen LogP contribution in [0.15, 0.2) is 56.7 Å². The van der Waals surface area contributed by atoms with Gasteiger partial charge in [0, 0.05) is 0 Å². The lowest BCUT2D eigenvalue weighted by Crippen LogP contribution is -2.42. The summed E-state index contributed by atoms with van der Waals surface area (Å²) >= 11 is 0. The van der Waals surface area contributed by atoms with Gasteiger partial charge in [-0.1, -0.05) is 18.6 Å². The molecule has 25 heavy (non-hydrogen) atoms. The molecule has 0 saturated carbocycles. The van der Waals surface area contributed by atoms with Crippen molar-refractivity contribution >= 4 is 10.9 Å². The van der Waals surface area contributed by atoms with Gasteiger partial charge in [0.25, 0.3) is 5.56 Å². The Morgan fingerprint density at radius 2 is 1.84 bits per heavy atom. The fourth-order valence-electron chi connectivity index (χ4n) is 3.63. The number of hydrogen-bond donors (Lipinski definition) is 1. The number of fused-ring (bicyclic) bond motifs is 1. The first kappa shape index (κ1) is 15.9. The largest absolute Gasteiger partial charge is 0.468 e. The molecule has 6 heteroatoms. The van der Waals surface area contributed by atoms with E-state index in [1.807, 2.05) is 12.1 Å². The molecule has 6 nitrogen and oxygen atoms in total. The molecule has 4 rings (SSSR count). The normalized spacial score (nSPS) is 17.0. The summed E-state index contributed by atoms with van der Waals surface area (Å²) in [6, 6.07) is 10.8. The number of hydrogen-bond acceptors (Lipinski definition) is 4. The first-order valence-corrected chi connectivity index (χ1v) is 8.73. The van der Waals surface area contributed by atoms with Gasteiger partial charge in [-0.15, -0.1) is 0 Å². The Hall–Kier alpha value is -2.60. The van der Waals surface area contributed by atoms with Crippen LogP contribution in [-0.2, 0) is 6.54 Å². The number of para-hydroxylation sites is 1. The SMILES string of the molecule is O=c1[nH]c2ccccc2c(=O)n1CC(c1ccco1)N1CCCCC1. The fraction of sp³-hybridized carbons (Fsp3) is 0.368. The van der Waals surface area contributed by atoms with Gasteiger partial charge < -0.3 is 9.40 Å². The molecule has 1 fully saturated rings. The summed E-state index contributed by atoms with van der Waals surface area (Å²) in [6.07, 6.45) is 5.11. The van der Waals surface area contributed by atoms with Gasteiger partial charge in [-0.25, -0.2) is 4.79 Å². The molecule has 0 amide bonds. The highest BCUT2D eigenvalue weighted by molar-refractivity contribution is 5.76. The van der Waals surface area contributed by atoms with Gasteiger partial charge in [0.1, 0.15) is 5.76 Å². The van der Waals surface area contributed by atoms with Crippen molar-refractivity contribution in [1.29, 1.82) is 0 Å². The molecule has 0 radical (unpaired) electrons. The number of piperidine rings is 1. The molecular formula is C19H21N3O3. The van der Waals surface area contributed by atoms with Crippen molar-refractivity contribution in [3.8, 4) is 0 Å². The lowest BCUT2D eigenvalue weighted by atomic mass is 10.1. The van der Waals surface area contributed by atoms with Crippen molar-refractivity contribution in [2.75, 3.05) is 13.1 Å². The van der Waals surface area contributed by atoms with Gasteiger partial charge in [-0.3, -0.25) is 14.3 Å². The standard InChI is InChI=1S/C19H21N3O3/c23-18-14-7-2-3-8-15(14)20-19(24)22(18)13-16(17-9-6-12-25-17)21-10-4-1-5-11-21/h2-3,6-9,12,16H,1,4-5,10-11,13H2,(H,20,24). The van der Waals surface area contributed by atoms with E-state index >= 15 is 0 Å². The number of benzene rings is 1. The van der Waals surface area contributed by atoms with E-state index in [0.717, 1.165) is 31.7 Å². The minimum atomic E-state index is -0.378. The van der Waals surface area contributed by atoms with Gasteiger partial charge in [0.2, 0.25) is 0 Å². The zero-order chi connectivity index (χ0) is 17.2. The molecule has 1 aromatic carbocycles. The maximum absolute atomic E-state index is 12.8. The van der Waals surface area contributed by atoms with Crippen LogP contribution < -0.4 is 11.2 Å². The summed E-state index contributed by atoms with van der Waals surface area (Å²) in [6.45, 7) is 2.18. The third kappa shape index (κ3) is 3.05. The van der Waals surface area contributed by atoms with Crippen LogP contribution in [0.25, 0.3) is 10.9 Å². The van der Waals surface area contributed by atoms with Crippen LogP contribution in [-0.4, -0.2) is 27.5 Å². The molecule has 1 saturated heterocycles. The number of H-pyrrole nitrogens is 1. The summed E-state index contributed by atoms with van der Waals surface area (Å²) in [4.78, 5) is 30.5. The molecule has 3 aromatic rings. The van der Waals surface area contributed by atoms with Gasteiger partial charge in [0.15, 0.2) is 0 Å². The van der Waals surface area contributed by atoms with Crippen LogP contribution in [0.2, 0.25) is 0 Å². The smallest absolute Gasteiger partial charge is 0.328 e. The lowest BCUT2D eigenvalue weighted by Gasteiger charge is -2.33. The second-order valence-corrected chi connectivity index (χ2v) is 6.52. The van der Waals surface area contributed by atoms with Crippen LogP contribution in [0, 0.1) is 0 Å². The van der Waals surface area contributed by atoms with Crippen LogP contribution >= 0.6 is 0 Å². The van der Waals surface area contributed by atoms with Gasteiger partial charge in [0.05, 0.1) is 29.8 Å². The number of nitrogens with zero attached hydrogens (tertiary/aromatic N) is 2. The topological polar surface area (TPSA) is 71.2 Å². The van der Waals surface area contributed by atoms with E-state index in [4.69, 9.17) is 4.42 Å². The second-order valence-electron chi connectivity index (χ2n) is 6.52. The van der Waals surface area contributed by atoms with E-state index in [-0.39, 0.29) is 23.8 Å². The molecule has 0 spiro atoms. The highest BCUT2D eigenvalue weighted by Gasteiger charge is 2.26. The number of nitrogens with one attached hydrogen (secondary N) is 1. The van der Waals surface area contributed by atoms with Gasteiger partial charge in [-0.2, -0.15) is 0 Å². The highest BCUT2D eigenvalue weighted by Crippen LogP contribution is 2.26. The first-order chi connectivity index (χ1) is 12.2. The number of rotatable bonds is 4. The Bertz CT molecular complexity index is 965. The molecule has 130 valence electrons. The molecule has 1 N–H and O–H groups in total. The number of aromatic amines is 1. The zero-order valence-electron chi connectivity index (χ0n) is 14.0. The van der Waals surface area contributed by atoms with E-state index in [9.17, 15) is 9.59 Å². The minimum absolute atomic E-state index is 0.115. The number of likely N-dealkylation sites (tertiary alicyclic amines) is 1. The maximum Gasteiger partial charge on any atom is 0.328 e. The molecule has 1 atom stereocenters. The maximum atomic E-state index is 12.8. The molecule has 2 aromatic heterocycles. The minimum Gasteiger partial charge on any atom is -0.468 e. The zero-order valence-corrected chi connectivity index (χ0v) is 14.0. The highest BCUT2D eigenvalue weighted by atomic mass is 16.3. The third-order valence-corrected chi connectivity index (χ3v) is 4.95. The molecule has 1 unspecified atom stereocenters. The molecule has 1 aliphatic heterocycles. The van der Waals surface area contributed by atoms with Gasteiger partial charge >= 0.3 is 5.69 Å². The van der Waals surface area contributed by atoms with Gasteiger partial charge in [-0.05, 0) is 50.2 Å². The van der Waals surface area contributed by atoms with E-state index in [0.29, 0.717) is 10.9 Å². The Balaban J connectivity index is 1.76. The molecule has 3 heterocycles. The van der Waals surface area contributed by atoms with Crippen molar-refractivity contribution in [3.63, 3.8) is 0 Å². The van der Waals surface area contributed by atoms with Crippen molar-refractivity contribution in [1.82, 2.24) is 14.5 Å². The van der Waals surface area contributed by atoms with Crippen LogP contribution in [0.4, 0.5) is 0 Å². The summed E-state index contributed by atoms with van der Waals surface area (Å²) in [5.41, 5.74) is -0.0635. The predicted octanol–water partition coefficient (Wildman–Crippen LogP) is 2.51. The van der Waals surface area contributed by atoms with Crippen molar-refractivity contribution in [2.24, 2.45) is 0 Å². The number of furan rings is 1. The van der Waals surface area contributed by atoms with Crippen LogP contribution in [0.5, 0.6) is 0 Å². The Labute approximate surface area is 144 Å². The summed E-state index contributed by atoms with van der Waals surface area (Å²) in [5, 5.41) is 0.527. The monoisotopic (exact) mass is 339 g/mol. The van der Waals surface area contributed by atoms with Crippen molar-refractivity contribution in [2.45, 2.75) is 31.8 Å². The van der Waals surface area contributed by atoms with E-state index in [2.05, 4.69) is 9.88 Å². The molecule has 1 aliphatic rings. The first-order valence-electron chi connectivity index (χ1n) is 8.73. The fourth-order valence-corrected chi connectivity index (χ4v) is 3.63. The number of aromatic nitrogens is 2. The molecular weight excluding hydrogens is 318 g/mol. The molecule has 0 aliphatic carbocycles. The average molecular weight is 339 g/mol. The average Bonchev–Trinajstić information content (AvgIpc) is 3.17. The summed E-state index contributed by atoms with van der Waals surface area (Å²) in [5.74, 6) is 0.793. The third-order valence-electron chi connectivity index (χ3n) is 4.95. The van der Waals surface area contributed by atoms with E-state index < -0.39 is 0 Å². The van der Waals surface area contributed by atoms with Crippen LogP contribution in [0.3, 0.4) is 0 Å². The summed E-state index contributed by atoms with van der Waals surface area (Å²) < 4.78 is 6.91. The molecule has 0 bridgehead atoms. The van der Waals surface area contributed by atoms with Crippen molar-refractivity contribution < 1.29 is 4.42 Å². The quantitative estimate of drug-likeness (QED) is 0.793. The van der Waals surface area contributed by atoms with Crippen molar-refractivity contribution in [3.05, 3.63) is 69.3 Å². The predicted molar refractivity (Wildman–Crippen MR) is 95.7 cm³/mol. The van der Waals surface area contributed by atoms with E-state index in [1.54, 1.807) is 30.5 Å². The lowest BCUT2D eigenvalue weighted by molar-refractivity contribution is 0.129. The Kier molecular flexibility index (Phi) is 4.28. The Morgan fingerprint density at radius 1 is 1.04 bits per heavy atom. The van der Waals surface area contributed by atoms with E-state index in [1.165, 1.54) is 11.0 Å². The Morgan fingerprint density at radius 3 is 2.60 bits per heavy atom.